The number of aryl methyl sites for hydroxylation is 1. The van der Waals surface area contributed by atoms with Gasteiger partial charge >= 0.3 is 5.97 Å². The molecule has 1 fully saturated rings. The Morgan fingerprint density at radius 2 is 2.44 bits per heavy atom. The molecular weight excluding hydrogens is 204 g/mol. The summed E-state index contributed by atoms with van der Waals surface area (Å²) in [5.41, 5.74) is 3.10. The van der Waals surface area contributed by atoms with Crippen molar-refractivity contribution in [2.45, 2.75) is 19.3 Å². The number of nitrogens with zero attached hydrogens (tertiary/aromatic N) is 2. The van der Waals surface area contributed by atoms with Gasteiger partial charge in [-0.25, -0.2) is 4.52 Å². The van der Waals surface area contributed by atoms with Gasteiger partial charge in [-0.1, -0.05) is 6.07 Å². The number of carboxylic acid groups (broad SMARTS) is 1. The van der Waals surface area contributed by atoms with E-state index >= 15 is 0 Å². The lowest BCUT2D eigenvalue weighted by atomic mass is 10.1. The maximum absolute atomic E-state index is 10.9. The molecule has 0 saturated heterocycles. The highest BCUT2D eigenvalue weighted by Gasteiger charge is 2.45. The summed E-state index contributed by atoms with van der Waals surface area (Å²) in [6.45, 7) is 1.94. The smallest absolute Gasteiger partial charge is 0.307 e. The molecule has 0 aromatic carbocycles. The molecule has 4 nitrogen and oxygen atoms in total. The average molecular weight is 216 g/mol. The zero-order chi connectivity index (χ0) is 11.3. The fourth-order valence-electron chi connectivity index (χ4n) is 2.28. The molecule has 2 heterocycles. The Kier molecular flexibility index (Phi) is 1.80. The Morgan fingerprint density at radius 1 is 1.62 bits per heavy atom. The van der Waals surface area contributed by atoms with Crippen LogP contribution in [-0.2, 0) is 4.79 Å². The lowest BCUT2D eigenvalue weighted by Crippen LogP contribution is -2.00. The van der Waals surface area contributed by atoms with E-state index in [1.165, 1.54) is 0 Å². The quantitative estimate of drug-likeness (QED) is 0.833. The minimum Gasteiger partial charge on any atom is -0.481 e. The Morgan fingerprint density at radius 3 is 3.12 bits per heavy atom. The highest BCUT2D eigenvalue weighted by atomic mass is 16.4. The van der Waals surface area contributed by atoms with E-state index in [-0.39, 0.29) is 11.8 Å². The molecule has 2 atom stereocenters. The van der Waals surface area contributed by atoms with E-state index in [0.29, 0.717) is 0 Å². The third-order valence-corrected chi connectivity index (χ3v) is 3.16. The van der Waals surface area contributed by atoms with Gasteiger partial charge in [0.2, 0.25) is 0 Å². The molecule has 1 N–H and O–H groups in total. The number of hydrogen-bond donors (Lipinski definition) is 1. The molecule has 0 radical (unpaired) electrons. The van der Waals surface area contributed by atoms with Crippen LogP contribution in [0.2, 0.25) is 0 Å². The van der Waals surface area contributed by atoms with E-state index in [1.54, 1.807) is 0 Å². The molecule has 0 amide bonds. The Hall–Kier alpha value is -1.84. The maximum atomic E-state index is 10.9. The van der Waals surface area contributed by atoms with Crippen molar-refractivity contribution in [2.75, 3.05) is 0 Å². The van der Waals surface area contributed by atoms with Gasteiger partial charge in [-0.05, 0) is 31.0 Å². The third-order valence-electron chi connectivity index (χ3n) is 3.16. The number of aliphatic carboxylic acids is 1. The highest BCUT2D eigenvalue weighted by molar-refractivity contribution is 5.76. The zero-order valence-electron chi connectivity index (χ0n) is 8.92. The molecule has 2 aromatic heterocycles. The highest BCUT2D eigenvalue weighted by Crippen LogP contribution is 2.48. The van der Waals surface area contributed by atoms with Gasteiger partial charge in [-0.3, -0.25) is 4.79 Å². The van der Waals surface area contributed by atoms with Crippen molar-refractivity contribution in [1.29, 1.82) is 0 Å². The van der Waals surface area contributed by atoms with Gasteiger partial charge in [0.25, 0.3) is 0 Å². The number of carboxylic acids is 1. The maximum Gasteiger partial charge on any atom is 0.307 e. The molecule has 4 heteroatoms. The largest absolute Gasteiger partial charge is 0.481 e. The first kappa shape index (κ1) is 9.39. The Labute approximate surface area is 92.5 Å². The molecule has 1 saturated carbocycles. The lowest BCUT2D eigenvalue weighted by Gasteiger charge is -2.01. The van der Waals surface area contributed by atoms with Crippen LogP contribution in [0.15, 0.2) is 24.4 Å². The van der Waals surface area contributed by atoms with Crippen LogP contribution < -0.4 is 0 Å². The van der Waals surface area contributed by atoms with Crippen LogP contribution in [-0.4, -0.2) is 20.7 Å². The second-order valence-corrected chi connectivity index (χ2v) is 4.37. The van der Waals surface area contributed by atoms with Crippen LogP contribution in [0.4, 0.5) is 0 Å². The van der Waals surface area contributed by atoms with E-state index in [4.69, 9.17) is 5.11 Å². The summed E-state index contributed by atoms with van der Waals surface area (Å²) in [5, 5.41) is 13.3. The number of carbonyl (C=O) groups is 1. The minimum atomic E-state index is -0.691. The van der Waals surface area contributed by atoms with Gasteiger partial charge in [0, 0.05) is 12.1 Å². The van der Waals surface area contributed by atoms with Crippen molar-refractivity contribution in [2.24, 2.45) is 5.92 Å². The summed E-state index contributed by atoms with van der Waals surface area (Å²) in [4.78, 5) is 10.9. The van der Waals surface area contributed by atoms with E-state index < -0.39 is 5.97 Å². The van der Waals surface area contributed by atoms with Gasteiger partial charge in [0.1, 0.15) is 0 Å². The summed E-state index contributed by atoms with van der Waals surface area (Å²) in [7, 11) is 0. The number of aromatic nitrogens is 2. The monoisotopic (exact) mass is 216 g/mol. The van der Waals surface area contributed by atoms with Crippen LogP contribution in [0.5, 0.6) is 0 Å². The van der Waals surface area contributed by atoms with Crippen LogP contribution in [0.1, 0.15) is 23.6 Å². The SMILES string of the molecule is Cc1cc2c(C3CC3C(=O)O)cccn2n1. The zero-order valence-corrected chi connectivity index (χ0v) is 8.92. The first-order valence-electron chi connectivity index (χ1n) is 5.34. The number of pyridine rings is 1. The second-order valence-electron chi connectivity index (χ2n) is 4.37. The fourth-order valence-corrected chi connectivity index (χ4v) is 2.28. The van der Waals surface area contributed by atoms with Crippen molar-refractivity contribution < 1.29 is 9.90 Å². The molecule has 1 aliphatic rings. The van der Waals surface area contributed by atoms with Gasteiger partial charge in [-0.15, -0.1) is 0 Å². The van der Waals surface area contributed by atoms with Crippen molar-refractivity contribution in [3.63, 3.8) is 0 Å². The number of hydrogen-bond acceptors (Lipinski definition) is 2. The van der Waals surface area contributed by atoms with Crippen molar-refractivity contribution >= 4 is 11.5 Å². The fraction of sp³-hybridized carbons (Fsp3) is 0.333. The molecule has 2 aromatic rings. The van der Waals surface area contributed by atoms with Gasteiger partial charge in [-0.2, -0.15) is 5.10 Å². The summed E-state index contributed by atoms with van der Waals surface area (Å²) in [6.07, 6.45) is 2.64. The van der Waals surface area contributed by atoms with E-state index in [9.17, 15) is 4.79 Å². The molecule has 0 bridgehead atoms. The van der Waals surface area contributed by atoms with E-state index in [0.717, 1.165) is 23.2 Å². The first-order valence-corrected chi connectivity index (χ1v) is 5.34. The average Bonchev–Trinajstić information content (AvgIpc) is 2.93. The Balaban J connectivity index is 2.08. The van der Waals surface area contributed by atoms with Crippen LogP contribution in [0.25, 0.3) is 5.52 Å². The summed E-state index contributed by atoms with van der Waals surface area (Å²) in [6, 6.07) is 5.93. The van der Waals surface area contributed by atoms with Gasteiger partial charge in [0.15, 0.2) is 0 Å². The van der Waals surface area contributed by atoms with Gasteiger partial charge in [0.05, 0.1) is 17.1 Å². The predicted octanol–water partition coefficient (Wildman–Crippen LogP) is 1.83. The first-order chi connectivity index (χ1) is 7.66. The molecule has 1 aliphatic carbocycles. The summed E-state index contributed by atoms with van der Waals surface area (Å²) in [5.74, 6) is -0.734. The van der Waals surface area contributed by atoms with E-state index in [2.05, 4.69) is 5.10 Å². The molecule has 2 unspecified atom stereocenters. The van der Waals surface area contributed by atoms with E-state index in [1.807, 2.05) is 35.8 Å². The third kappa shape index (κ3) is 1.30. The summed E-state index contributed by atoms with van der Waals surface area (Å²) >= 11 is 0. The normalized spacial score (nSPS) is 23.6. The van der Waals surface area contributed by atoms with Crippen LogP contribution in [0.3, 0.4) is 0 Å². The van der Waals surface area contributed by atoms with Crippen molar-refractivity contribution in [3.8, 4) is 0 Å². The Bertz CT molecular complexity index is 573. The van der Waals surface area contributed by atoms with Crippen molar-refractivity contribution in [1.82, 2.24) is 9.61 Å². The van der Waals surface area contributed by atoms with Crippen LogP contribution in [0, 0.1) is 12.8 Å². The van der Waals surface area contributed by atoms with Crippen molar-refractivity contribution in [3.05, 3.63) is 35.7 Å². The molecule has 82 valence electrons. The standard InChI is InChI=1S/C12H12N2O2/c1-7-5-11-8(3-2-4-14(11)13-7)9-6-10(9)12(15)16/h2-5,9-10H,6H2,1H3,(H,15,16). The molecular formula is C12H12N2O2. The molecule has 16 heavy (non-hydrogen) atoms. The molecule has 0 aliphatic heterocycles. The number of fused-ring (bicyclic) bond motifs is 1. The minimum absolute atomic E-state index is 0.164. The molecule has 3 rings (SSSR count). The number of rotatable bonds is 2. The predicted molar refractivity (Wildman–Crippen MR) is 58.4 cm³/mol. The van der Waals surface area contributed by atoms with Crippen LogP contribution >= 0.6 is 0 Å². The molecule has 0 spiro atoms. The van der Waals surface area contributed by atoms with Gasteiger partial charge < -0.3 is 5.11 Å². The summed E-state index contributed by atoms with van der Waals surface area (Å²) < 4.78 is 1.82. The second kappa shape index (κ2) is 3.07. The topological polar surface area (TPSA) is 54.6 Å². The lowest BCUT2D eigenvalue weighted by molar-refractivity contribution is -0.138.